The molecule has 1 rings (SSSR count). The molecule has 108 valence electrons. The standard InChI is InChI=1S/C15H25ClN2O/c1-6-17-11(2)12-7-8-14(13(16)9-12)18(5)10-15(3,4)19/h7-9,11,17,19H,6,10H2,1-5H3. The van der Waals surface area contributed by atoms with E-state index in [4.69, 9.17) is 11.6 Å². The molecule has 0 radical (unpaired) electrons. The van der Waals surface area contributed by atoms with Crippen LogP contribution in [0.1, 0.15) is 39.3 Å². The Bertz CT molecular complexity index is 415. The van der Waals surface area contributed by atoms with Crippen LogP contribution in [-0.4, -0.2) is 30.8 Å². The minimum Gasteiger partial charge on any atom is -0.389 e. The van der Waals surface area contributed by atoms with Crippen LogP contribution >= 0.6 is 11.6 Å². The lowest BCUT2D eigenvalue weighted by molar-refractivity contribution is 0.0886. The molecular weight excluding hydrogens is 260 g/mol. The van der Waals surface area contributed by atoms with Crippen molar-refractivity contribution in [2.45, 2.75) is 39.3 Å². The molecule has 0 saturated heterocycles. The van der Waals surface area contributed by atoms with E-state index in [0.717, 1.165) is 12.2 Å². The van der Waals surface area contributed by atoms with Crippen LogP contribution < -0.4 is 10.2 Å². The lowest BCUT2D eigenvalue weighted by Gasteiger charge is -2.28. The van der Waals surface area contributed by atoms with Gasteiger partial charge < -0.3 is 15.3 Å². The van der Waals surface area contributed by atoms with E-state index >= 15 is 0 Å². The van der Waals surface area contributed by atoms with Gasteiger partial charge in [-0.3, -0.25) is 0 Å². The third-order valence-electron chi connectivity index (χ3n) is 3.02. The van der Waals surface area contributed by atoms with Crippen LogP contribution in [0.25, 0.3) is 0 Å². The summed E-state index contributed by atoms with van der Waals surface area (Å²) in [4.78, 5) is 1.98. The normalized spacial score (nSPS) is 13.4. The molecule has 0 aliphatic heterocycles. The topological polar surface area (TPSA) is 35.5 Å². The van der Waals surface area contributed by atoms with Gasteiger partial charge in [0, 0.05) is 19.6 Å². The van der Waals surface area contributed by atoms with Gasteiger partial charge in [0.1, 0.15) is 0 Å². The Hall–Kier alpha value is -0.770. The molecule has 0 amide bonds. The summed E-state index contributed by atoms with van der Waals surface area (Å²) in [7, 11) is 1.94. The highest BCUT2D eigenvalue weighted by molar-refractivity contribution is 6.33. The van der Waals surface area contributed by atoms with Crippen molar-refractivity contribution in [1.82, 2.24) is 5.32 Å². The zero-order chi connectivity index (χ0) is 14.6. The van der Waals surface area contributed by atoms with Crippen molar-refractivity contribution in [1.29, 1.82) is 0 Å². The average molecular weight is 285 g/mol. The van der Waals surface area contributed by atoms with Crippen LogP contribution in [0.15, 0.2) is 18.2 Å². The molecule has 0 saturated carbocycles. The Labute approximate surface area is 121 Å². The molecule has 0 aliphatic carbocycles. The number of rotatable bonds is 6. The second-order valence-corrected chi connectivity index (χ2v) is 6.07. The number of likely N-dealkylation sites (N-methyl/N-ethyl adjacent to an activating group) is 1. The monoisotopic (exact) mass is 284 g/mol. The molecule has 4 heteroatoms. The first kappa shape index (κ1) is 16.3. The van der Waals surface area contributed by atoms with E-state index in [0.29, 0.717) is 11.6 Å². The van der Waals surface area contributed by atoms with E-state index in [1.807, 2.05) is 24.1 Å². The molecule has 1 aromatic rings. The smallest absolute Gasteiger partial charge is 0.0765 e. The van der Waals surface area contributed by atoms with Crippen molar-refractivity contribution in [3.8, 4) is 0 Å². The Morgan fingerprint density at radius 3 is 2.53 bits per heavy atom. The molecular formula is C15H25ClN2O. The molecule has 2 N–H and O–H groups in total. The van der Waals surface area contributed by atoms with Crippen molar-refractivity contribution < 1.29 is 5.11 Å². The van der Waals surface area contributed by atoms with Gasteiger partial charge in [-0.15, -0.1) is 0 Å². The second kappa shape index (κ2) is 6.60. The van der Waals surface area contributed by atoms with Gasteiger partial charge in [0.25, 0.3) is 0 Å². The number of benzene rings is 1. The second-order valence-electron chi connectivity index (χ2n) is 5.66. The average Bonchev–Trinajstić information content (AvgIpc) is 2.26. The summed E-state index contributed by atoms with van der Waals surface area (Å²) in [5.74, 6) is 0. The molecule has 0 heterocycles. The van der Waals surface area contributed by atoms with E-state index in [1.165, 1.54) is 5.56 Å². The molecule has 1 atom stereocenters. The van der Waals surface area contributed by atoms with Crippen molar-refractivity contribution in [3.05, 3.63) is 28.8 Å². The first-order valence-corrected chi connectivity index (χ1v) is 7.08. The van der Waals surface area contributed by atoms with Crippen molar-refractivity contribution in [2.75, 3.05) is 25.0 Å². The van der Waals surface area contributed by atoms with Gasteiger partial charge >= 0.3 is 0 Å². The van der Waals surface area contributed by atoms with Gasteiger partial charge in [0.2, 0.25) is 0 Å². The first-order chi connectivity index (χ1) is 8.74. The summed E-state index contributed by atoms with van der Waals surface area (Å²) >= 11 is 6.35. The van der Waals surface area contributed by atoms with Gasteiger partial charge in [0.15, 0.2) is 0 Å². The minimum absolute atomic E-state index is 0.288. The fraction of sp³-hybridized carbons (Fsp3) is 0.600. The van der Waals surface area contributed by atoms with E-state index < -0.39 is 5.60 Å². The molecule has 0 fully saturated rings. The number of nitrogens with zero attached hydrogens (tertiary/aromatic N) is 1. The van der Waals surface area contributed by atoms with Gasteiger partial charge in [-0.05, 0) is 45.0 Å². The van der Waals surface area contributed by atoms with E-state index in [2.05, 4.69) is 25.2 Å². The third-order valence-corrected chi connectivity index (χ3v) is 3.32. The minimum atomic E-state index is -0.742. The first-order valence-electron chi connectivity index (χ1n) is 6.71. The van der Waals surface area contributed by atoms with Crippen molar-refractivity contribution >= 4 is 17.3 Å². The van der Waals surface area contributed by atoms with Crippen LogP contribution in [0, 0.1) is 0 Å². The van der Waals surface area contributed by atoms with E-state index in [-0.39, 0.29) is 6.04 Å². The zero-order valence-electron chi connectivity index (χ0n) is 12.5. The molecule has 1 aromatic carbocycles. The Balaban J connectivity index is 2.88. The van der Waals surface area contributed by atoms with Gasteiger partial charge in [0.05, 0.1) is 16.3 Å². The largest absolute Gasteiger partial charge is 0.389 e. The molecule has 0 bridgehead atoms. The van der Waals surface area contributed by atoms with Crippen molar-refractivity contribution in [2.24, 2.45) is 0 Å². The quantitative estimate of drug-likeness (QED) is 0.842. The fourth-order valence-electron chi connectivity index (χ4n) is 2.19. The summed E-state index contributed by atoms with van der Waals surface area (Å²) < 4.78 is 0. The Kier molecular flexibility index (Phi) is 5.65. The summed E-state index contributed by atoms with van der Waals surface area (Å²) in [6.07, 6.45) is 0. The molecule has 0 aliphatic rings. The summed E-state index contributed by atoms with van der Waals surface area (Å²) in [5, 5.41) is 13.9. The maximum absolute atomic E-state index is 9.86. The maximum Gasteiger partial charge on any atom is 0.0765 e. The number of halogens is 1. The van der Waals surface area contributed by atoms with Crippen LogP contribution in [0.2, 0.25) is 5.02 Å². The van der Waals surface area contributed by atoms with Crippen LogP contribution in [0.5, 0.6) is 0 Å². The number of hydrogen-bond donors (Lipinski definition) is 2. The highest BCUT2D eigenvalue weighted by Gasteiger charge is 2.18. The molecule has 0 spiro atoms. The molecule has 0 aromatic heterocycles. The van der Waals surface area contributed by atoms with Gasteiger partial charge in [-0.2, -0.15) is 0 Å². The summed E-state index contributed by atoms with van der Waals surface area (Å²) in [5.41, 5.74) is 1.37. The Morgan fingerprint density at radius 2 is 2.05 bits per heavy atom. The number of aliphatic hydroxyl groups is 1. The number of anilines is 1. The van der Waals surface area contributed by atoms with E-state index in [9.17, 15) is 5.11 Å². The van der Waals surface area contributed by atoms with Crippen LogP contribution in [0.3, 0.4) is 0 Å². The predicted octanol–water partition coefficient (Wildman–Crippen LogP) is 3.22. The zero-order valence-corrected chi connectivity index (χ0v) is 13.3. The molecule has 1 unspecified atom stereocenters. The molecule has 19 heavy (non-hydrogen) atoms. The lowest BCUT2D eigenvalue weighted by Crippen LogP contribution is -2.36. The molecule has 3 nitrogen and oxygen atoms in total. The third kappa shape index (κ3) is 5.01. The SMILES string of the molecule is CCNC(C)c1ccc(N(C)CC(C)(C)O)c(Cl)c1. The summed E-state index contributed by atoms with van der Waals surface area (Å²) in [6.45, 7) is 9.25. The van der Waals surface area contributed by atoms with E-state index in [1.54, 1.807) is 13.8 Å². The maximum atomic E-state index is 9.86. The summed E-state index contributed by atoms with van der Waals surface area (Å²) in [6, 6.07) is 6.37. The lowest BCUT2D eigenvalue weighted by atomic mass is 10.1. The number of hydrogen-bond acceptors (Lipinski definition) is 3. The highest BCUT2D eigenvalue weighted by atomic mass is 35.5. The fourth-order valence-corrected chi connectivity index (χ4v) is 2.52. The van der Waals surface area contributed by atoms with Gasteiger partial charge in [-0.25, -0.2) is 0 Å². The van der Waals surface area contributed by atoms with Gasteiger partial charge in [-0.1, -0.05) is 24.6 Å². The highest BCUT2D eigenvalue weighted by Crippen LogP contribution is 2.29. The van der Waals surface area contributed by atoms with Crippen LogP contribution in [0.4, 0.5) is 5.69 Å². The predicted molar refractivity (Wildman–Crippen MR) is 83.1 cm³/mol. The Morgan fingerprint density at radius 1 is 1.42 bits per heavy atom. The van der Waals surface area contributed by atoms with Crippen molar-refractivity contribution in [3.63, 3.8) is 0 Å². The van der Waals surface area contributed by atoms with Crippen LogP contribution in [-0.2, 0) is 0 Å². The number of nitrogens with one attached hydrogen (secondary N) is 1.